The Hall–Kier alpha value is -1.46. The van der Waals surface area contributed by atoms with Crippen LogP contribution in [0.15, 0.2) is 24.5 Å². The van der Waals surface area contributed by atoms with Crippen LogP contribution >= 0.6 is 0 Å². The Bertz CT molecular complexity index is 590. The topological polar surface area (TPSA) is 48.5 Å². The van der Waals surface area contributed by atoms with E-state index in [0.29, 0.717) is 18.6 Å². The Labute approximate surface area is 170 Å². The molecule has 0 spiro atoms. The second-order valence-electron chi connectivity index (χ2n) is 9.14. The molecule has 1 aromatic heterocycles. The zero-order chi connectivity index (χ0) is 19.9. The first-order valence-corrected chi connectivity index (χ1v) is 11.2. The average molecular weight is 387 g/mol. The molecule has 1 unspecified atom stereocenters. The lowest BCUT2D eigenvalue weighted by Gasteiger charge is -2.43. The van der Waals surface area contributed by atoms with Gasteiger partial charge in [-0.2, -0.15) is 0 Å². The third kappa shape index (κ3) is 6.02. The number of likely N-dealkylation sites (tertiary alicyclic amines) is 2. The molecule has 1 amide bonds. The van der Waals surface area contributed by atoms with Crippen molar-refractivity contribution >= 4 is 5.91 Å². The minimum absolute atomic E-state index is 0.166. The highest BCUT2D eigenvalue weighted by molar-refractivity contribution is 5.78. The lowest BCUT2D eigenvalue weighted by Crippen LogP contribution is -2.50. The Morgan fingerprint density at radius 1 is 1.14 bits per heavy atom. The Kier molecular flexibility index (Phi) is 7.86. The average Bonchev–Trinajstić information content (AvgIpc) is 2.72. The minimum Gasteiger partial charge on any atom is -0.352 e. The predicted octanol–water partition coefficient (Wildman–Crippen LogP) is 3.31. The summed E-state index contributed by atoms with van der Waals surface area (Å²) in [7, 11) is 0. The van der Waals surface area contributed by atoms with Crippen LogP contribution in [0.3, 0.4) is 0 Å². The zero-order valence-electron chi connectivity index (χ0n) is 17.9. The molecular formula is C23H38N4O. The maximum absolute atomic E-state index is 12.5. The van der Waals surface area contributed by atoms with E-state index in [4.69, 9.17) is 0 Å². The molecule has 156 valence electrons. The van der Waals surface area contributed by atoms with E-state index >= 15 is 0 Å². The number of nitrogens with zero attached hydrogens (tertiary/aromatic N) is 3. The third-order valence-corrected chi connectivity index (χ3v) is 6.54. The molecule has 2 saturated heterocycles. The van der Waals surface area contributed by atoms with Crippen molar-refractivity contribution in [3.05, 3.63) is 30.1 Å². The maximum Gasteiger partial charge on any atom is 0.223 e. The highest BCUT2D eigenvalue weighted by Gasteiger charge is 2.31. The van der Waals surface area contributed by atoms with Crippen molar-refractivity contribution in [1.82, 2.24) is 20.1 Å². The van der Waals surface area contributed by atoms with Gasteiger partial charge in [0.15, 0.2) is 0 Å². The fraction of sp³-hybridized carbons (Fsp3) is 0.739. The number of rotatable bonds is 7. The Morgan fingerprint density at radius 3 is 2.46 bits per heavy atom. The van der Waals surface area contributed by atoms with Gasteiger partial charge in [-0.05, 0) is 82.8 Å². The van der Waals surface area contributed by atoms with Gasteiger partial charge in [-0.25, -0.2) is 0 Å². The molecule has 3 rings (SSSR count). The number of carbonyl (C=O) groups excluding carboxylic acids is 1. The number of amides is 1. The normalized spacial score (nSPS) is 21.7. The van der Waals surface area contributed by atoms with Crippen LogP contribution in [0.2, 0.25) is 0 Å². The quantitative estimate of drug-likeness (QED) is 0.781. The van der Waals surface area contributed by atoms with Crippen LogP contribution in [-0.4, -0.2) is 59.0 Å². The van der Waals surface area contributed by atoms with Crippen molar-refractivity contribution in [3.8, 4) is 0 Å². The van der Waals surface area contributed by atoms with E-state index < -0.39 is 0 Å². The molecule has 1 atom stereocenters. The minimum atomic E-state index is 0.166. The predicted molar refractivity (Wildman–Crippen MR) is 114 cm³/mol. The summed E-state index contributed by atoms with van der Waals surface area (Å²) in [6.45, 7) is 12.2. The molecule has 28 heavy (non-hydrogen) atoms. The van der Waals surface area contributed by atoms with Crippen LogP contribution in [0.5, 0.6) is 0 Å². The molecule has 0 bridgehead atoms. The fourth-order valence-electron chi connectivity index (χ4n) is 4.89. The first kappa shape index (κ1) is 21.3. The van der Waals surface area contributed by atoms with Crippen LogP contribution in [0.1, 0.15) is 58.4 Å². The molecule has 0 saturated carbocycles. The van der Waals surface area contributed by atoms with E-state index in [9.17, 15) is 4.79 Å². The van der Waals surface area contributed by atoms with Gasteiger partial charge in [0.1, 0.15) is 0 Å². The summed E-state index contributed by atoms with van der Waals surface area (Å²) in [4.78, 5) is 21.9. The van der Waals surface area contributed by atoms with E-state index in [1.54, 1.807) is 6.20 Å². The number of piperidine rings is 2. The lowest BCUT2D eigenvalue weighted by molar-refractivity contribution is -0.126. The molecule has 5 nitrogen and oxygen atoms in total. The van der Waals surface area contributed by atoms with E-state index in [-0.39, 0.29) is 11.8 Å². The van der Waals surface area contributed by atoms with Gasteiger partial charge in [0.2, 0.25) is 5.91 Å². The van der Waals surface area contributed by atoms with Crippen molar-refractivity contribution in [3.63, 3.8) is 0 Å². The molecule has 2 fully saturated rings. The first-order chi connectivity index (χ1) is 13.5. The number of hydrogen-bond donors (Lipinski definition) is 1. The van der Waals surface area contributed by atoms with E-state index in [1.807, 2.05) is 18.3 Å². The molecule has 5 heteroatoms. The monoisotopic (exact) mass is 386 g/mol. The molecule has 3 heterocycles. The second-order valence-corrected chi connectivity index (χ2v) is 9.14. The van der Waals surface area contributed by atoms with Gasteiger partial charge in [0.25, 0.3) is 0 Å². The van der Waals surface area contributed by atoms with E-state index in [2.05, 4.69) is 40.9 Å². The third-order valence-electron chi connectivity index (χ3n) is 6.54. The van der Waals surface area contributed by atoms with Crippen LogP contribution in [-0.2, 0) is 11.3 Å². The van der Waals surface area contributed by atoms with E-state index in [1.165, 1.54) is 32.4 Å². The van der Waals surface area contributed by atoms with Crippen molar-refractivity contribution in [1.29, 1.82) is 0 Å². The van der Waals surface area contributed by atoms with E-state index in [0.717, 1.165) is 37.4 Å². The molecule has 2 aliphatic rings. The maximum atomic E-state index is 12.5. The highest BCUT2D eigenvalue weighted by Crippen LogP contribution is 2.25. The number of pyridine rings is 1. The van der Waals surface area contributed by atoms with Gasteiger partial charge in [-0.1, -0.05) is 19.9 Å². The van der Waals surface area contributed by atoms with Gasteiger partial charge >= 0.3 is 0 Å². The molecule has 1 aromatic rings. The van der Waals surface area contributed by atoms with Crippen molar-refractivity contribution in [2.45, 2.75) is 71.5 Å². The molecular weight excluding hydrogens is 348 g/mol. The molecule has 0 aliphatic carbocycles. The van der Waals surface area contributed by atoms with Crippen LogP contribution in [0.4, 0.5) is 0 Å². The van der Waals surface area contributed by atoms with Crippen LogP contribution < -0.4 is 5.32 Å². The molecule has 2 aliphatic heterocycles. The largest absolute Gasteiger partial charge is 0.352 e. The first-order valence-electron chi connectivity index (χ1n) is 11.2. The highest BCUT2D eigenvalue weighted by atomic mass is 16.1. The Balaban J connectivity index is 1.37. The van der Waals surface area contributed by atoms with Gasteiger partial charge in [0, 0.05) is 36.9 Å². The standard InChI is InChI=1S/C23H38N4O/c1-18(2)15-19(3)26-13-8-22(9-14-26)27-11-6-21(7-12-27)23(28)25-17-20-5-4-10-24-16-20/h4-5,10,16,18-19,21-22H,6-9,11-15,17H2,1-3H3,(H,25,28). The molecule has 0 aromatic carbocycles. The smallest absolute Gasteiger partial charge is 0.223 e. The van der Waals surface area contributed by atoms with Gasteiger partial charge in [0.05, 0.1) is 0 Å². The summed E-state index contributed by atoms with van der Waals surface area (Å²) in [6, 6.07) is 5.33. The SMILES string of the molecule is CC(C)CC(C)N1CCC(N2CCC(C(=O)NCc3cccnc3)CC2)CC1. The lowest BCUT2D eigenvalue weighted by atomic mass is 9.92. The summed E-state index contributed by atoms with van der Waals surface area (Å²) in [5.41, 5.74) is 1.06. The summed E-state index contributed by atoms with van der Waals surface area (Å²) in [5.74, 6) is 1.15. The number of carbonyl (C=O) groups is 1. The van der Waals surface area contributed by atoms with Gasteiger partial charge < -0.3 is 15.1 Å². The summed E-state index contributed by atoms with van der Waals surface area (Å²) >= 11 is 0. The summed E-state index contributed by atoms with van der Waals surface area (Å²) in [5, 5.41) is 3.09. The molecule has 0 radical (unpaired) electrons. The van der Waals surface area contributed by atoms with Crippen molar-refractivity contribution < 1.29 is 4.79 Å². The van der Waals surface area contributed by atoms with Crippen LogP contribution in [0.25, 0.3) is 0 Å². The number of hydrogen-bond acceptors (Lipinski definition) is 4. The fourth-order valence-corrected chi connectivity index (χ4v) is 4.89. The van der Waals surface area contributed by atoms with Gasteiger partial charge in [-0.15, -0.1) is 0 Å². The summed E-state index contributed by atoms with van der Waals surface area (Å²) < 4.78 is 0. The Morgan fingerprint density at radius 2 is 1.86 bits per heavy atom. The number of nitrogens with one attached hydrogen (secondary N) is 1. The number of aromatic nitrogens is 1. The summed E-state index contributed by atoms with van der Waals surface area (Å²) in [6.07, 6.45) is 9.41. The molecule has 1 N–H and O–H groups in total. The van der Waals surface area contributed by atoms with Gasteiger partial charge in [-0.3, -0.25) is 9.78 Å². The second kappa shape index (κ2) is 10.4. The van der Waals surface area contributed by atoms with Crippen LogP contribution in [0, 0.1) is 11.8 Å². The van der Waals surface area contributed by atoms with Crippen molar-refractivity contribution in [2.75, 3.05) is 26.2 Å². The zero-order valence-corrected chi connectivity index (χ0v) is 17.9. The van der Waals surface area contributed by atoms with Crippen molar-refractivity contribution in [2.24, 2.45) is 11.8 Å².